The van der Waals surface area contributed by atoms with E-state index in [1.54, 1.807) is 18.2 Å². The normalized spacial score (nSPS) is 10.9. The number of phenolic OH excluding ortho intramolecular Hbond substituents is 1. The number of aromatic nitrogens is 3. The molecule has 0 aliphatic rings. The van der Waals surface area contributed by atoms with Gasteiger partial charge in [-0.3, -0.25) is 9.97 Å². The summed E-state index contributed by atoms with van der Waals surface area (Å²) in [6.45, 7) is 7.77. The van der Waals surface area contributed by atoms with E-state index in [4.69, 9.17) is 16.5 Å². The Labute approximate surface area is 321 Å². The van der Waals surface area contributed by atoms with Crippen LogP contribution in [0.15, 0.2) is 170 Å². The first-order valence-corrected chi connectivity index (χ1v) is 17.0. The zero-order chi connectivity index (χ0) is 35.0. The molecular formula is C47H29N4OPt-. The van der Waals surface area contributed by atoms with Gasteiger partial charge in [0.15, 0.2) is 5.69 Å². The van der Waals surface area contributed by atoms with Gasteiger partial charge in [0, 0.05) is 66.2 Å². The van der Waals surface area contributed by atoms with Crippen molar-refractivity contribution in [3.63, 3.8) is 0 Å². The average Bonchev–Trinajstić information content (AvgIpc) is 3.56. The first-order valence-electron chi connectivity index (χ1n) is 17.0. The summed E-state index contributed by atoms with van der Waals surface area (Å²) >= 11 is 0. The fourth-order valence-electron chi connectivity index (χ4n) is 7.09. The van der Waals surface area contributed by atoms with Gasteiger partial charge in [-0.1, -0.05) is 120 Å². The maximum absolute atomic E-state index is 10.9. The molecule has 0 radical (unpaired) electrons. The topological polar surface area (TPSA) is 55.3 Å². The van der Waals surface area contributed by atoms with Gasteiger partial charge in [0.05, 0.1) is 23.3 Å². The third-order valence-electron chi connectivity index (χ3n) is 9.46. The molecule has 6 heteroatoms. The Morgan fingerprint density at radius 3 is 2.06 bits per heavy atom. The van der Waals surface area contributed by atoms with Gasteiger partial charge < -0.3 is 9.67 Å². The number of fused-ring (bicyclic) bond motifs is 3. The van der Waals surface area contributed by atoms with Crippen molar-refractivity contribution in [1.82, 2.24) is 14.5 Å². The molecule has 0 unspecified atom stereocenters. The Morgan fingerprint density at radius 2 is 1.25 bits per heavy atom. The van der Waals surface area contributed by atoms with E-state index in [1.807, 2.05) is 72.9 Å². The first kappa shape index (κ1) is 33.5. The van der Waals surface area contributed by atoms with Crippen molar-refractivity contribution in [2.24, 2.45) is 0 Å². The van der Waals surface area contributed by atoms with Crippen molar-refractivity contribution >= 4 is 27.5 Å². The van der Waals surface area contributed by atoms with E-state index in [0.29, 0.717) is 22.6 Å². The van der Waals surface area contributed by atoms with Crippen LogP contribution in [-0.2, 0) is 21.1 Å². The molecule has 0 amide bonds. The van der Waals surface area contributed by atoms with Gasteiger partial charge in [-0.15, -0.1) is 24.3 Å². The van der Waals surface area contributed by atoms with Crippen LogP contribution in [0.2, 0.25) is 0 Å². The quantitative estimate of drug-likeness (QED) is 0.170. The monoisotopic (exact) mass is 860 g/mol. The molecule has 0 saturated carbocycles. The molecule has 254 valence electrons. The number of aromatic hydroxyl groups is 1. The van der Waals surface area contributed by atoms with E-state index in [0.717, 1.165) is 55.8 Å². The van der Waals surface area contributed by atoms with Gasteiger partial charge in [-0.05, 0) is 53.1 Å². The summed E-state index contributed by atoms with van der Waals surface area (Å²) in [5.41, 5.74) is 11.8. The number of hydrogen-bond donors (Lipinski definition) is 1. The van der Waals surface area contributed by atoms with E-state index >= 15 is 0 Å². The molecule has 0 aliphatic heterocycles. The second-order valence-electron chi connectivity index (χ2n) is 12.6. The second kappa shape index (κ2) is 14.2. The van der Waals surface area contributed by atoms with Gasteiger partial charge in [-0.2, -0.15) is 0 Å². The molecule has 5 nitrogen and oxygen atoms in total. The third kappa shape index (κ3) is 6.10. The number of hydrogen-bond acceptors (Lipinski definition) is 3. The Hall–Kier alpha value is -6.60. The van der Waals surface area contributed by atoms with Crippen molar-refractivity contribution in [1.29, 1.82) is 0 Å². The summed E-state index contributed by atoms with van der Waals surface area (Å²) in [5.74, 6) is 0.0113. The van der Waals surface area contributed by atoms with Crippen LogP contribution in [0.5, 0.6) is 5.75 Å². The van der Waals surface area contributed by atoms with Crippen LogP contribution in [0.1, 0.15) is 0 Å². The maximum atomic E-state index is 10.9. The largest absolute Gasteiger partial charge is 0.509 e. The molecule has 0 fully saturated rings. The SMILES string of the molecule is [C-]#[N+]c1cccc(O)c1-c1cc(-c2ccccc2)cc(-c2[c-]c(-c3cc(-c4cccc5c6ccccc6n(-c6ccccc6)c45)ccn3)ccc2)n1.[Pt]. The molecule has 0 spiro atoms. The van der Waals surface area contributed by atoms with Gasteiger partial charge in [0.2, 0.25) is 0 Å². The minimum absolute atomic E-state index is 0. The molecule has 0 bridgehead atoms. The number of nitrogens with zero attached hydrogens (tertiary/aromatic N) is 4. The minimum Gasteiger partial charge on any atom is -0.509 e. The fraction of sp³-hybridized carbons (Fsp3) is 0. The zero-order valence-electron chi connectivity index (χ0n) is 28.2. The van der Waals surface area contributed by atoms with Crippen LogP contribution >= 0.6 is 0 Å². The minimum atomic E-state index is 0. The van der Waals surface area contributed by atoms with Gasteiger partial charge in [-0.25, -0.2) is 4.85 Å². The number of pyridine rings is 2. The fourth-order valence-corrected chi connectivity index (χ4v) is 7.09. The van der Waals surface area contributed by atoms with Crippen LogP contribution in [0.4, 0.5) is 5.69 Å². The Bertz CT molecular complexity index is 2820. The third-order valence-corrected chi connectivity index (χ3v) is 9.46. The van der Waals surface area contributed by atoms with Crippen molar-refractivity contribution in [3.8, 4) is 67.5 Å². The molecule has 6 aromatic carbocycles. The maximum Gasteiger partial charge on any atom is 0.200 e. The summed E-state index contributed by atoms with van der Waals surface area (Å²) in [6.07, 6.45) is 1.86. The molecule has 3 aromatic heterocycles. The summed E-state index contributed by atoms with van der Waals surface area (Å²) in [7, 11) is 0. The standard InChI is InChI=1S/C47H29N4O.Pt/c1-48-40-22-12-24-45(52)46(40)43-30-35(31-13-4-2-5-14-31)29-42(50-43)34-16-10-15-33(27-34)41-28-32(25-26-49-41)37-20-11-21-39-38-19-8-9-23-44(38)51(47(37)39)36-17-6-3-7-18-36;/h2-26,28-30,52H;/q-1;. The van der Waals surface area contributed by atoms with Gasteiger partial charge >= 0.3 is 0 Å². The number of benzene rings is 6. The van der Waals surface area contributed by atoms with E-state index in [9.17, 15) is 5.11 Å². The van der Waals surface area contributed by atoms with E-state index in [-0.39, 0.29) is 26.8 Å². The molecule has 0 saturated heterocycles. The van der Waals surface area contributed by atoms with Gasteiger partial charge in [0.1, 0.15) is 5.75 Å². The summed E-state index contributed by atoms with van der Waals surface area (Å²) in [4.78, 5) is 13.5. The second-order valence-corrected chi connectivity index (χ2v) is 12.6. The zero-order valence-corrected chi connectivity index (χ0v) is 30.5. The van der Waals surface area contributed by atoms with Crippen molar-refractivity contribution in [3.05, 3.63) is 187 Å². The number of para-hydroxylation sites is 3. The first-order chi connectivity index (χ1) is 25.7. The predicted molar refractivity (Wildman–Crippen MR) is 210 cm³/mol. The van der Waals surface area contributed by atoms with Crippen LogP contribution in [0, 0.1) is 12.6 Å². The Kier molecular flexibility index (Phi) is 8.98. The Balaban J connectivity index is 0.00000400. The average molecular weight is 861 g/mol. The molecule has 0 aliphatic carbocycles. The summed E-state index contributed by atoms with van der Waals surface area (Å²) in [5, 5.41) is 13.3. The van der Waals surface area contributed by atoms with E-state index < -0.39 is 0 Å². The summed E-state index contributed by atoms with van der Waals surface area (Å²) in [6, 6.07) is 58.3. The molecule has 9 rings (SSSR count). The van der Waals surface area contributed by atoms with Crippen LogP contribution in [-0.4, -0.2) is 19.6 Å². The number of phenols is 1. The molecule has 3 heterocycles. The van der Waals surface area contributed by atoms with Crippen molar-refractivity contribution in [2.75, 3.05) is 0 Å². The van der Waals surface area contributed by atoms with Crippen molar-refractivity contribution in [2.45, 2.75) is 0 Å². The van der Waals surface area contributed by atoms with Crippen LogP contribution in [0.3, 0.4) is 0 Å². The van der Waals surface area contributed by atoms with E-state index in [2.05, 4.69) is 94.3 Å². The van der Waals surface area contributed by atoms with Crippen LogP contribution < -0.4 is 0 Å². The van der Waals surface area contributed by atoms with Crippen molar-refractivity contribution < 1.29 is 26.2 Å². The molecule has 9 aromatic rings. The smallest absolute Gasteiger partial charge is 0.200 e. The summed E-state index contributed by atoms with van der Waals surface area (Å²) < 4.78 is 2.35. The molecule has 1 N–H and O–H groups in total. The number of rotatable bonds is 6. The Morgan fingerprint density at radius 1 is 0.585 bits per heavy atom. The van der Waals surface area contributed by atoms with Gasteiger partial charge in [0.25, 0.3) is 0 Å². The predicted octanol–water partition coefficient (Wildman–Crippen LogP) is 12.0. The molecule has 0 atom stereocenters. The van der Waals surface area contributed by atoms with Crippen LogP contribution in [0.25, 0.3) is 88.4 Å². The van der Waals surface area contributed by atoms with E-state index in [1.165, 1.54) is 10.8 Å². The molecular weight excluding hydrogens is 832 g/mol. The molecule has 53 heavy (non-hydrogen) atoms.